The number of carbonyl (C=O) groups excluding carboxylic acids is 1. The van der Waals surface area contributed by atoms with Crippen molar-refractivity contribution in [1.82, 2.24) is 14.4 Å². The summed E-state index contributed by atoms with van der Waals surface area (Å²) in [5.74, 6) is 0.100. The van der Waals surface area contributed by atoms with Gasteiger partial charge in [-0.2, -0.15) is 0 Å². The number of nitrogens with zero attached hydrogens (tertiary/aromatic N) is 3. The van der Waals surface area contributed by atoms with Gasteiger partial charge < -0.3 is 14.6 Å². The molecule has 6 heteroatoms. The van der Waals surface area contributed by atoms with Crippen LogP contribution in [-0.2, 0) is 6.54 Å². The fraction of sp³-hybridized carbons (Fsp3) is 0.471. The fourth-order valence-electron chi connectivity index (χ4n) is 2.99. The normalized spacial score (nSPS) is 17.4. The van der Waals surface area contributed by atoms with Crippen molar-refractivity contribution in [2.45, 2.75) is 19.6 Å². The monoisotopic (exact) mass is 333 g/mol. The minimum Gasteiger partial charge on any atom is -0.392 e. The van der Waals surface area contributed by atoms with Gasteiger partial charge in [-0.25, -0.2) is 0 Å². The Kier molecular flexibility index (Phi) is 5.15. The average Bonchev–Trinajstić information content (AvgIpc) is 3.19. The number of aromatic nitrogens is 1. The van der Waals surface area contributed by atoms with Crippen molar-refractivity contribution >= 4 is 17.2 Å². The summed E-state index contributed by atoms with van der Waals surface area (Å²) in [6, 6.07) is 7.96. The fourth-order valence-corrected chi connectivity index (χ4v) is 3.69. The van der Waals surface area contributed by atoms with Crippen LogP contribution in [0.1, 0.15) is 22.3 Å². The van der Waals surface area contributed by atoms with Crippen LogP contribution in [0, 0.1) is 0 Å². The molecule has 0 aliphatic carbocycles. The SMILES string of the molecule is CC(O)CN1CCN(C(=O)c2cccn2Cc2cccs2)CC1. The smallest absolute Gasteiger partial charge is 0.270 e. The van der Waals surface area contributed by atoms with Crippen LogP contribution in [0.25, 0.3) is 0 Å². The van der Waals surface area contributed by atoms with Gasteiger partial charge in [0.1, 0.15) is 5.69 Å². The Morgan fingerprint density at radius 3 is 2.70 bits per heavy atom. The van der Waals surface area contributed by atoms with Crippen molar-refractivity contribution < 1.29 is 9.90 Å². The number of piperazine rings is 1. The number of hydrogen-bond donors (Lipinski definition) is 1. The van der Waals surface area contributed by atoms with E-state index in [2.05, 4.69) is 16.3 Å². The zero-order valence-corrected chi connectivity index (χ0v) is 14.2. The van der Waals surface area contributed by atoms with E-state index in [1.807, 2.05) is 33.9 Å². The third-order valence-electron chi connectivity index (χ3n) is 4.14. The molecule has 1 fully saturated rings. The summed E-state index contributed by atoms with van der Waals surface area (Å²) in [4.78, 5) is 18.1. The molecule has 0 aromatic carbocycles. The Bertz CT molecular complexity index is 628. The van der Waals surface area contributed by atoms with Gasteiger partial charge in [0, 0.05) is 43.8 Å². The van der Waals surface area contributed by atoms with Crippen LogP contribution in [0.15, 0.2) is 35.8 Å². The zero-order chi connectivity index (χ0) is 16.2. The minimum absolute atomic E-state index is 0.100. The van der Waals surface area contributed by atoms with Crippen LogP contribution in [0.5, 0.6) is 0 Å². The molecule has 1 amide bonds. The minimum atomic E-state index is -0.319. The maximum absolute atomic E-state index is 12.8. The van der Waals surface area contributed by atoms with E-state index in [1.54, 1.807) is 18.3 Å². The predicted octanol–water partition coefficient (Wildman–Crippen LogP) is 1.74. The molecule has 3 heterocycles. The van der Waals surface area contributed by atoms with Crippen LogP contribution in [0.4, 0.5) is 0 Å². The van der Waals surface area contributed by atoms with Crippen molar-refractivity contribution in [3.63, 3.8) is 0 Å². The second-order valence-corrected chi connectivity index (χ2v) is 7.07. The third-order valence-corrected chi connectivity index (χ3v) is 5.00. The van der Waals surface area contributed by atoms with Crippen molar-refractivity contribution in [2.24, 2.45) is 0 Å². The van der Waals surface area contributed by atoms with Gasteiger partial charge in [-0.05, 0) is 30.5 Å². The summed E-state index contributed by atoms with van der Waals surface area (Å²) in [6.45, 7) is 6.30. The van der Waals surface area contributed by atoms with E-state index in [0.29, 0.717) is 6.54 Å². The van der Waals surface area contributed by atoms with Gasteiger partial charge in [-0.15, -0.1) is 11.3 Å². The predicted molar refractivity (Wildman–Crippen MR) is 91.9 cm³/mol. The summed E-state index contributed by atoms with van der Waals surface area (Å²) in [7, 11) is 0. The van der Waals surface area contributed by atoms with Gasteiger partial charge in [0.25, 0.3) is 5.91 Å². The molecule has 1 saturated heterocycles. The first-order chi connectivity index (χ1) is 11.1. The van der Waals surface area contributed by atoms with Gasteiger partial charge in [-0.1, -0.05) is 6.07 Å². The molecule has 0 spiro atoms. The lowest BCUT2D eigenvalue weighted by atomic mass is 10.2. The zero-order valence-electron chi connectivity index (χ0n) is 13.4. The maximum Gasteiger partial charge on any atom is 0.270 e. The maximum atomic E-state index is 12.8. The second kappa shape index (κ2) is 7.29. The highest BCUT2D eigenvalue weighted by molar-refractivity contribution is 7.09. The molecule has 1 atom stereocenters. The van der Waals surface area contributed by atoms with E-state index < -0.39 is 0 Å². The summed E-state index contributed by atoms with van der Waals surface area (Å²) >= 11 is 1.71. The summed E-state index contributed by atoms with van der Waals surface area (Å²) in [5.41, 5.74) is 0.752. The lowest BCUT2D eigenvalue weighted by molar-refractivity contribution is 0.0545. The number of hydrogen-bond acceptors (Lipinski definition) is 4. The van der Waals surface area contributed by atoms with Gasteiger partial charge in [0.2, 0.25) is 0 Å². The largest absolute Gasteiger partial charge is 0.392 e. The highest BCUT2D eigenvalue weighted by atomic mass is 32.1. The van der Waals surface area contributed by atoms with Crippen molar-refractivity contribution in [1.29, 1.82) is 0 Å². The number of thiophene rings is 1. The van der Waals surface area contributed by atoms with E-state index in [0.717, 1.165) is 38.4 Å². The quantitative estimate of drug-likeness (QED) is 0.907. The van der Waals surface area contributed by atoms with Crippen LogP contribution >= 0.6 is 11.3 Å². The molecule has 0 bridgehead atoms. The summed E-state index contributed by atoms with van der Waals surface area (Å²) in [5, 5.41) is 11.5. The molecule has 5 nitrogen and oxygen atoms in total. The molecule has 2 aromatic rings. The van der Waals surface area contributed by atoms with Crippen molar-refractivity contribution in [3.05, 3.63) is 46.4 Å². The van der Waals surface area contributed by atoms with Gasteiger partial charge >= 0.3 is 0 Å². The first kappa shape index (κ1) is 16.2. The average molecular weight is 333 g/mol. The number of aliphatic hydroxyl groups is 1. The molecule has 0 radical (unpaired) electrons. The molecule has 1 aliphatic heterocycles. The third kappa shape index (κ3) is 4.02. The second-order valence-electron chi connectivity index (χ2n) is 6.04. The Morgan fingerprint density at radius 1 is 1.26 bits per heavy atom. The van der Waals surface area contributed by atoms with Gasteiger partial charge in [0.05, 0.1) is 12.6 Å². The highest BCUT2D eigenvalue weighted by Crippen LogP contribution is 2.15. The topological polar surface area (TPSA) is 48.7 Å². The molecule has 2 aromatic heterocycles. The Labute approximate surface area is 140 Å². The van der Waals surface area contributed by atoms with E-state index in [4.69, 9.17) is 0 Å². The molecule has 1 aliphatic rings. The molecule has 124 valence electrons. The van der Waals surface area contributed by atoms with Crippen LogP contribution in [-0.4, -0.2) is 64.2 Å². The van der Waals surface area contributed by atoms with Crippen molar-refractivity contribution in [3.8, 4) is 0 Å². The Hall–Kier alpha value is -1.63. The standard InChI is InChI=1S/C17H23N3O2S/c1-14(21)12-18-7-9-19(10-8-18)17(22)16-5-2-6-20(16)13-15-4-3-11-23-15/h2-6,11,14,21H,7-10,12-13H2,1H3. The Balaban J connectivity index is 1.62. The number of β-amino-alcohol motifs (C(OH)–C–C–N with tert-alkyl or cyclic N) is 1. The summed E-state index contributed by atoms with van der Waals surface area (Å²) in [6.07, 6.45) is 1.65. The molecule has 0 saturated carbocycles. The van der Waals surface area contributed by atoms with Crippen molar-refractivity contribution in [2.75, 3.05) is 32.7 Å². The summed E-state index contributed by atoms with van der Waals surface area (Å²) < 4.78 is 2.02. The molecule has 1 N–H and O–H groups in total. The number of aliphatic hydroxyl groups excluding tert-OH is 1. The molecule has 3 rings (SSSR count). The van der Waals surface area contributed by atoms with Gasteiger partial charge in [-0.3, -0.25) is 9.69 Å². The number of amides is 1. The van der Waals surface area contributed by atoms with E-state index >= 15 is 0 Å². The van der Waals surface area contributed by atoms with Gasteiger partial charge in [0.15, 0.2) is 0 Å². The first-order valence-corrected chi connectivity index (χ1v) is 8.88. The first-order valence-electron chi connectivity index (χ1n) is 8.00. The van der Waals surface area contributed by atoms with E-state index in [1.165, 1.54) is 4.88 Å². The highest BCUT2D eigenvalue weighted by Gasteiger charge is 2.24. The lowest BCUT2D eigenvalue weighted by Crippen LogP contribution is -2.50. The number of carbonyl (C=O) groups is 1. The number of rotatable bonds is 5. The molecular formula is C17H23N3O2S. The lowest BCUT2D eigenvalue weighted by Gasteiger charge is -2.35. The van der Waals surface area contributed by atoms with Crippen LogP contribution < -0.4 is 0 Å². The van der Waals surface area contributed by atoms with Crippen LogP contribution in [0.2, 0.25) is 0 Å². The molecule has 23 heavy (non-hydrogen) atoms. The Morgan fingerprint density at radius 2 is 2.04 bits per heavy atom. The van der Waals surface area contributed by atoms with E-state index in [-0.39, 0.29) is 12.0 Å². The molecule has 1 unspecified atom stereocenters. The van der Waals surface area contributed by atoms with E-state index in [9.17, 15) is 9.90 Å². The molecular weight excluding hydrogens is 310 g/mol. The van der Waals surface area contributed by atoms with Crippen LogP contribution in [0.3, 0.4) is 0 Å².